The molecule has 0 bridgehead atoms. The fourth-order valence-electron chi connectivity index (χ4n) is 4.62. The Morgan fingerprint density at radius 2 is 1.45 bits per heavy atom. The molecule has 0 spiro atoms. The van der Waals surface area contributed by atoms with Crippen LogP contribution in [0.25, 0.3) is 0 Å². The van der Waals surface area contributed by atoms with Crippen molar-refractivity contribution < 1.29 is 9.84 Å². The van der Waals surface area contributed by atoms with Crippen LogP contribution in [0.3, 0.4) is 0 Å². The van der Waals surface area contributed by atoms with Crippen LogP contribution in [0, 0.1) is 0 Å². The summed E-state index contributed by atoms with van der Waals surface area (Å²) in [5.74, 6) is -0.0560. The molecule has 0 radical (unpaired) electrons. The van der Waals surface area contributed by atoms with Gasteiger partial charge in [-0.25, -0.2) is 0 Å². The minimum absolute atomic E-state index is 0.0560. The van der Waals surface area contributed by atoms with E-state index < -0.39 is 5.60 Å². The lowest BCUT2D eigenvalue weighted by atomic mass is 9.73. The number of aliphatic hydroxyl groups is 1. The minimum Gasteiger partial charge on any atom is -0.384 e. The third kappa shape index (κ3) is 5.24. The average Bonchev–Trinajstić information content (AvgIpc) is 2.84. The SMILES string of the molecule is CCc1ccc(C(O)(Cc2ccccc2)C(CN2CCOCC2)c2ccccc2)cc1. The van der Waals surface area contributed by atoms with Gasteiger partial charge in [0.05, 0.1) is 13.2 Å². The Morgan fingerprint density at radius 3 is 2.06 bits per heavy atom. The third-order valence-electron chi connectivity index (χ3n) is 6.50. The summed E-state index contributed by atoms with van der Waals surface area (Å²) in [6, 6.07) is 29.4. The van der Waals surface area contributed by atoms with E-state index in [0.717, 1.165) is 50.4 Å². The molecule has 1 N–H and O–H groups in total. The van der Waals surface area contributed by atoms with Gasteiger partial charge in [0.2, 0.25) is 0 Å². The van der Waals surface area contributed by atoms with Crippen molar-refractivity contribution in [2.75, 3.05) is 32.8 Å². The van der Waals surface area contributed by atoms with E-state index in [1.54, 1.807) is 0 Å². The molecule has 0 aromatic heterocycles. The van der Waals surface area contributed by atoms with Crippen LogP contribution in [0.2, 0.25) is 0 Å². The van der Waals surface area contributed by atoms with Crippen molar-refractivity contribution >= 4 is 0 Å². The average molecular weight is 416 g/mol. The van der Waals surface area contributed by atoms with Crippen molar-refractivity contribution in [2.24, 2.45) is 0 Å². The number of rotatable bonds is 8. The maximum Gasteiger partial charge on any atom is 0.102 e. The Labute approximate surface area is 186 Å². The molecule has 1 saturated heterocycles. The highest BCUT2D eigenvalue weighted by Crippen LogP contribution is 2.41. The first-order valence-electron chi connectivity index (χ1n) is 11.4. The van der Waals surface area contributed by atoms with Gasteiger partial charge in [0.15, 0.2) is 0 Å². The predicted octanol–water partition coefficient (Wildman–Crippen LogP) is 4.80. The first-order chi connectivity index (χ1) is 15.2. The van der Waals surface area contributed by atoms with E-state index in [4.69, 9.17) is 4.74 Å². The van der Waals surface area contributed by atoms with Crippen LogP contribution >= 0.6 is 0 Å². The summed E-state index contributed by atoms with van der Waals surface area (Å²) in [5, 5.41) is 12.5. The summed E-state index contributed by atoms with van der Waals surface area (Å²) in [4.78, 5) is 2.43. The van der Waals surface area contributed by atoms with Gasteiger partial charge in [-0.05, 0) is 28.7 Å². The molecular weight excluding hydrogens is 382 g/mol. The highest BCUT2D eigenvalue weighted by molar-refractivity contribution is 5.36. The molecule has 3 heteroatoms. The summed E-state index contributed by atoms with van der Waals surface area (Å²) in [6.45, 7) is 6.27. The van der Waals surface area contributed by atoms with E-state index in [9.17, 15) is 5.11 Å². The molecule has 3 aromatic rings. The zero-order valence-corrected chi connectivity index (χ0v) is 18.4. The van der Waals surface area contributed by atoms with Gasteiger partial charge in [0.1, 0.15) is 5.60 Å². The van der Waals surface area contributed by atoms with Crippen LogP contribution in [0.15, 0.2) is 84.9 Å². The molecule has 31 heavy (non-hydrogen) atoms. The van der Waals surface area contributed by atoms with Crippen LogP contribution in [0.4, 0.5) is 0 Å². The second-order valence-corrected chi connectivity index (χ2v) is 8.51. The molecule has 2 unspecified atom stereocenters. The van der Waals surface area contributed by atoms with E-state index >= 15 is 0 Å². The van der Waals surface area contributed by atoms with E-state index in [1.807, 2.05) is 12.1 Å². The minimum atomic E-state index is -1.02. The normalized spacial score (nSPS) is 17.7. The topological polar surface area (TPSA) is 32.7 Å². The number of nitrogens with zero attached hydrogens (tertiary/aromatic N) is 1. The van der Waals surface area contributed by atoms with Crippen LogP contribution < -0.4 is 0 Å². The Bertz CT molecular complexity index is 920. The first kappa shape index (κ1) is 21.8. The summed E-state index contributed by atoms with van der Waals surface area (Å²) in [7, 11) is 0. The van der Waals surface area contributed by atoms with E-state index in [1.165, 1.54) is 11.1 Å². The van der Waals surface area contributed by atoms with Gasteiger partial charge in [-0.1, -0.05) is 91.9 Å². The highest BCUT2D eigenvalue weighted by atomic mass is 16.5. The maximum atomic E-state index is 12.5. The van der Waals surface area contributed by atoms with Crippen molar-refractivity contribution in [1.29, 1.82) is 0 Å². The number of hydrogen-bond acceptors (Lipinski definition) is 3. The number of hydrogen-bond donors (Lipinski definition) is 1. The van der Waals surface area contributed by atoms with Gasteiger partial charge in [-0.3, -0.25) is 4.90 Å². The zero-order chi connectivity index (χ0) is 21.5. The lowest BCUT2D eigenvalue weighted by molar-refractivity contribution is -0.0223. The van der Waals surface area contributed by atoms with Gasteiger partial charge in [0, 0.05) is 32.0 Å². The second-order valence-electron chi connectivity index (χ2n) is 8.51. The molecule has 1 aliphatic heterocycles. The van der Waals surface area contributed by atoms with E-state index in [-0.39, 0.29) is 5.92 Å². The molecular formula is C28H33NO2. The largest absolute Gasteiger partial charge is 0.384 e. The predicted molar refractivity (Wildman–Crippen MR) is 126 cm³/mol. The molecule has 2 atom stereocenters. The molecule has 1 heterocycles. The second kappa shape index (κ2) is 10.2. The third-order valence-corrected chi connectivity index (χ3v) is 6.50. The molecule has 0 saturated carbocycles. The van der Waals surface area contributed by atoms with Gasteiger partial charge in [0.25, 0.3) is 0 Å². The summed E-state index contributed by atoms with van der Waals surface area (Å²) >= 11 is 0. The van der Waals surface area contributed by atoms with E-state index in [0.29, 0.717) is 6.42 Å². The molecule has 162 valence electrons. The fourth-order valence-corrected chi connectivity index (χ4v) is 4.62. The molecule has 1 aliphatic rings. The Hall–Kier alpha value is -2.46. The first-order valence-corrected chi connectivity index (χ1v) is 11.4. The fraction of sp³-hybridized carbons (Fsp3) is 0.357. The van der Waals surface area contributed by atoms with Crippen LogP contribution in [0.1, 0.15) is 35.1 Å². The van der Waals surface area contributed by atoms with Gasteiger partial charge in [-0.2, -0.15) is 0 Å². The standard InChI is InChI=1S/C28H33NO2/c1-2-23-13-15-26(16-14-23)28(30,21-24-9-5-3-6-10-24)27(25-11-7-4-8-12-25)22-29-17-19-31-20-18-29/h3-16,27,30H,2,17-22H2,1H3. The van der Waals surface area contributed by atoms with Crippen LogP contribution in [0.5, 0.6) is 0 Å². The highest BCUT2D eigenvalue weighted by Gasteiger charge is 2.40. The van der Waals surface area contributed by atoms with Gasteiger partial charge >= 0.3 is 0 Å². The Kier molecular flexibility index (Phi) is 7.18. The molecule has 1 fully saturated rings. The summed E-state index contributed by atoms with van der Waals surface area (Å²) in [5.41, 5.74) is 3.57. The number of benzene rings is 3. The van der Waals surface area contributed by atoms with Gasteiger partial charge < -0.3 is 9.84 Å². The number of ether oxygens (including phenoxy) is 1. The van der Waals surface area contributed by atoms with E-state index in [2.05, 4.69) is 84.6 Å². The van der Waals surface area contributed by atoms with Crippen molar-refractivity contribution in [1.82, 2.24) is 4.90 Å². The molecule has 4 rings (SSSR count). The lowest BCUT2D eigenvalue weighted by Crippen LogP contribution is -2.45. The smallest absolute Gasteiger partial charge is 0.102 e. The maximum absolute atomic E-state index is 12.5. The Morgan fingerprint density at radius 1 is 0.839 bits per heavy atom. The molecule has 0 aliphatic carbocycles. The number of morpholine rings is 1. The molecule has 0 amide bonds. The van der Waals surface area contributed by atoms with Crippen molar-refractivity contribution in [3.63, 3.8) is 0 Å². The summed E-state index contributed by atoms with van der Waals surface area (Å²) in [6.07, 6.45) is 1.57. The van der Waals surface area contributed by atoms with Crippen molar-refractivity contribution in [2.45, 2.75) is 31.3 Å². The Balaban J connectivity index is 1.77. The van der Waals surface area contributed by atoms with Crippen molar-refractivity contribution in [3.05, 3.63) is 107 Å². The quantitative estimate of drug-likeness (QED) is 0.574. The molecule has 3 aromatic carbocycles. The van der Waals surface area contributed by atoms with Crippen LogP contribution in [-0.4, -0.2) is 42.9 Å². The van der Waals surface area contributed by atoms with Crippen molar-refractivity contribution in [3.8, 4) is 0 Å². The summed E-state index contributed by atoms with van der Waals surface area (Å²) < 4.78 is 5.57. The monoisotopic (exact) mass is 415 g/mol. The van der Waals surface area contributed by atoms with Crippen LogP contribution in [-0.2, 0) is 23.2 Å². The number of aryl methyl sites for hydroxylation is 1. The lowest BCUT2D eigenvalue weighted by Gasteiger charge is -2.41. The van der Waals surface area contributed by atoms with Gasteiger partial charge in [-0.15, -0.1) is 0 Å². The molecule has 3 nitrogen and oxygen atoms in total. The zero-order valence-electron chi connectivity index (χ0n) is 18.4.